The van der Waals surface area contributed by atoms with Gasteiger partial charge in [0.25, 0.3) is 5.91 Å². The van der Waals surface area contributed by atoms with Crippen LogP contribution < -0.4 is 5.32 Å². The number of hydrogen-bond donors (Lipinski definition) is 1. The van der Waals surface area contributed by atoms with Gasteiger partial charge in [0.05, 0.1) is 5.92 Å². The van der Waals surface area contributed by atoms with Crippen molar-refractivity contribution < 1.29 is 9.59 Å². The standard InChI is InChI=1S/C24H24N2O2S/c1-17-10-12-18(13-11-17)24(28)26-14-4-6-19(16-26)23(27)25-21-8-3-2-7-20(21)22-9-5-15-29-22/h2-3,5,7-13,15,19H,4,6,14,16H2,1H3,(H,25,27)/t19-/m1/s1. The van der Waals surface area contributed by atoms with Gasteiger partial charge in [-0.25, -0.2) is 0 Å². The van der Waals surface area contributed by atoms with Crippen LogP contribution in [0.1, 0.15) is 28.8 Å². The molecule has 3 aromatic rings. The molecule has 1 saturated heterocycles. The summed E-state index contributed by atoms with van der Waals surface area (Å²) in [7, 11) is 0. The van der Waals surface area contributed by atoms with Crippen LogP contribution in [0.25, 0.3) is 10.4 Å². The van der Waals surface area contributed by atoms with Gasteiger partial charge in [-0.2, -0.15) is 0 Å². The number of amides is 2. The van der Waals surface area contributed by atoms with Crippen molar-refractivity contribution in [2.75, 3.05) is 18.4 Å². The number of para-hydroxylation sites is 1. The summed E-state index contributed by atoms with van der Waals surface area (Å²) in [5, 5.41) is 5.14. The van der Waals surface area contributed by atoms with E-state index in [9.17, 15) is 9.59 Å². The number of nitrogens with one attached hydrogen (secondary N) is 1. The molecule has 0 aliphatic carbocycles. The van der Waals surface area contributed by atoms with E-state index < -0.39 is 0 Å². The van der Waals surface area contributed by atoms with E-state index in [1.54, 1.807) is 11.3 Å². The van der Waals surface area contributed by atoms with Crippen LogP contribution in [0.5, 0.6) is 0 Å². The van der Waals surface area contributed by atoms with Gasteiger partial charge < -0.3 is 10.2 Å². The minimum absolute atomic E-state index is 0.00138. The third-order valence-corrected chi connectivity index (χ3v) is 6.25. The molecule has 1 aliphatic heterocycles. The summed E-state index contributed by atoms with van der Waals surface area (Å²) in [4.78, 5) is 28.8. The van der Waals surface area contributed by atoms with E-state index >= 15 is 0 Å². The summed E-state index contributed by atoms with van der Waals surface area (Å²) in [5.74, 6) is -0.216. The first-order chi connectivity index (χ1) is 14.1. The molecule has 0 bridgehead atoms. The molecular weight excluding hydrogens is 380 g/mol. The Kier molecular flexibility index (Phi) is 5.76. The smallest absolute Gasteiger partial charge is 0.253 e. The van der Waals surface area contributed by atoms with Crippen molar-refractivity contribution >= 4 is 28.8 Å². The van der Waals surface area contributed by atoms with E-state index in [1.807, 2.05) is 71.8 Å². The Bertz CT molecular complexity index is 996. The average Bonchev–Trinajstić information content (AvgIpc) is 3.29. The van der Waals surface area contributed by atoms with Gasteiger partial charge in [0, 0.05) is 34.8 Å². The third kappa shape index (κ3) is 4.40. The molecule has 4 rings (SSSR count). The van der Waals surface area contributed by atoms with Gasteiger partial charge in [0.15, 0.2) is 0 Å². The van der Waals surface area contributed by atoms with Crippen LogP contribution >= 0.6 is 11.3 Å². The van der Waals surface area contributed by atoms with E-state index in [0.717, 1.165) is 34.5 Å². The number of thiophene rings is 1. The first-order valence-corrected chi connectivity index (χ1v) is 10.8. The van der Waals surface area contributed by atoms with E-state index in [1.165, 1.54) is 0 Å². The van der Waals surface area contributed by atoms with Crippen molar-refractivity contribution in [2.24, 2.45) is 5.92 Å². The number of benzene rings is 2. The lowest BCUT2D eigenvalue weighted by Crippen LogP contribution is -2.43. The zero-order chi connectivity index (χ0) is 20.2. The van der Waals surface area contributed by atoms with Crippen LogP contribution in [0, 0.1) is 12.8 Å². The molecule has 0 saturated carbocycles. The summed E-state index contributed by atoms with van der Waals surface area (Å²) >= 11 is 1.65. The number of piperidine rings is 1. The van der Waals surface area contributed by atoms with E-state index in [-0.39, 0.29) is 17.7 Å². The molecule has 4 nitrogen and oxygen atoms in total. The summed E-state index contributed by atoms with van der Waals surface area (Å²) < 4.78 is 0. The van der Waals surface area contributed by atoms with E-state index in [0.29, 0.717) is 18.7 Å². The maximum Gasteiger partial charge on any atom is 0.253 e. The largest absolute Gasteiger partial charge is 0.338 e. The molecule has 1 aromatic heterocycles. The summed E-state index contributed by atoms with van der Waals surface area (Å²) in [6.45, 7) is 3.16. The molecular formula is C24H24N2O2S. The molecule has 2 heterocycles. The predicted octanol–water partition coefficient (Wildman–Crippen LogP) is 5.21. The quantitative estimate of drug-likeness (QED) is 0.649. The fourth-order valence-corrected chi connectivity index (χ4v) is 4.49. The minimum atomic E-state index is -0.199. The van der Waals surface area contributed by atoms with Crippen molar-refractivity contribution in [2.45, 2.75) is 19.8 Å². The van der Waals surface area contributed by atoms with Crippen LogP contribution in [-0.4, -0.2) is 29.8 Å². The number of carbonyl (C=O) groups excluding carboxylic acids is 2. The summed E-state index contributed by atoms with van der Waals surface area (Å²) in [6.07, 6.45) is 1.63. The highest BCUT2D eigenvalue weighted by Gasteiger charge is 2.29. The topological polar surface area (TPSA) is 49.4 Å². The molecule has 5 heteroatoms. The van der Waals surface area contributed by atoms with E-state index in [2.05, 4.69) is 11.4 Å². The molecule has 29 heavy (non-hydrogen) atoms. The number of hydrogen-bond acceptors (Lipinski definition) is 3. The minimum Gasteiger partial charge on any atom is -0.338 e. The fraction of sp³-hybridized carbons (Fsp3) is 0.250. The first-order valence-electron chi connectivity index (χ1n) is 9.91. The Labute approximate surface area is 175 Å². The molecule has 1 aliphatic rings. The van der Waals surface area contributed by atoms with Crippen molar-refractivity contribution in [1.29, 1.82) is 0 Å². The zero-order valence-corrected chi connectivity index (χ0v) is 17.2. The Balaban J connectivity index is 1.46. The van der Waals surface area contributed by atoms with Crippen molar-refractivity contribution in [3.63, 3.8) is 0 Å². The lowest BCUT2D eigenvalue weighted by Gasteiger charge is -2.32. The van der Waals surface area contributed by atoms with E-state index in [4.69, 9.17) is 0 Å². The monoisotopic (exact) mass is 404 g/mol. The SMILES string of the molecule is Cc1ccc(C(=O)N2CCC[C@@H](C(=O)Nc3ccccc3-c3cccs3)C2)cc1. The number of anilines is 1. The number of carbonyl (C=O) groups is 2. The molecule has 0 radical (unpaired) electrons. The van der Waals surface area contributed by atoms with Gasteiger partial charge in [-0.1, -0.05) is 42.0 Å². The second-order valence-corrected chi connectivity index (χ2v) is 8.42. The molecule has 0 unspecified atom stereocenters. The molecule has 2 aromatic carbocycles. The maximum atomic E-state index is 13.0. The molecule has 1 N–H and O–H groups in total. The van der Waals surface area contributed by atoms with Gasteiger partial charge in [0.2, 0.25) is 5.91 Å². The fourth-order valence-electron chi connectivity index (χ4n) is 3.73. The second-order valence-electron chi connectivity index (χ2n) is 7.47. The zero-order valence-electron chi connectivity index (χ0n) is 16.4. The highest BCUT2D eigenvalue weighted by atomic mass is 32.1. The highest BCUT2D eigenvalue weighted by Crippen LogP contribution is 2.32. The predicted molar refractivity (Wildman–Crippen MR) is 118 cm³/mol. The van der Waals surface area contributed by atoms with Gasteiger partial charge >= 0.3 is 0 Å². The molecule has 1 fully saturated rings. The number of nitrogens with zero attached hydrogens (tertiary/aromatic N) is 1. The van der Waals surface area contributed by atoms with Gasteiger partial charge in [0.1, 0.15) is 0 Å². The number of likely N-dealkylation sites (tertiary alicyclic amines) is 1. The lowest BCUT2D eigenvalue weighted by molar-refractivity contribution is -0.121. The number of rotatable bonds is 4. The Hall–Kier alpha value is -2.92. The van der Waals surface area contributed by atoms with Crippen LogP contribution in [0.15, 0.2) is 66.0 Å². The summed E-state index contributed by atoms with van der Waals surface area (Å²) in [5.41, 5.74) is 3.66. The van der Waals surface area contributed by atoms with Crippen molar-refractivity contribution in [3.8, 4) is 10.4 Å². The summed E-state index contributed by atoms with van der Waals surface area (Å²) in [6, 6.07) is 19.5. The normalized spacial score (nSPS) is 16.4. The molecule has 2 amide bonds. The Morgan fingerprint density at radius 3 is 2.59 bits per heavy atom. The Morgan fingerprint density at radius 2 is 1.83 bits per heavy atom. The Morgan fingerprint density at radius 1 is 1.03 bits per heavy atom. The third-order valence-electron chi connectivity index (χ3n) is 5.35. The first kappa shape index (κ1) is 19.4. The van der Waals surface area contributed by atoms with Gasteiger partial charge in [-0.3, -0.25) is 9.59 Å². The van der Waals surface area contributed by atoms with Crippen LogP contribution in [-0.2, 0) is 4.79 Å². The van der Waals surface area contributed by atoms with Crippen LogP contribution in [0.3, 0.4) is 0 Å². The molecule has 0 spiro atoms. The lowest BCUT2D eigenvalue weighted by atomic mass is 9.96. The van der Waals surface area contributed by atoms with Crippen LogP contribution in [0.2, 0.25) is 0 Å². The van der Waals surface area contributed by atoms with Crippen LogP contribution in [0.4, 0.5) is 5.69 Å². The van der Waals surface area contributed by atoms with Gasteiger partial charge in [-0.15, -0.1) is 11.3 Å². The van der Waals surface area contributed by atoms with Crippen molar-refractivity contribution in [1.82, 2.24) is 4.90 Å². The molecule has 148 valence electrons. The van der Waals surface area contributed by atoms with Crippen molar-refractivity contribution in [3.05, 3.63) is 77.2 Å². The highest BCUT2D eigenvalue weighted by molar-refractivity contribution is 7.13. The average molecular weight is 405 g/mol. The maximum absolute atomic E-state index is 13.0. The molecule has 1 atom stereocenters. The second kappa shape index (κ2) is 8.62. The number of aryl methyl sites for hydroxylation is 1. The van der Waals surface area contributed by atoms with Gasteiger partial charge in [-0.05, 0) is 49.4 Å².